The summed E-state index contributed by atoms with van der Waals surface area (Å²) in [7, 11) is 3.86. The SMILES string of the molecule is CNCCCN(C)CC(O)CO. The van der Waals surface area contributed by atoms with Crippen molar-refractivity contribution < 1.29 is 10.2 Å². The van der Waals surface area contributed by atoms with E-state index in [9.17, 15) is 0 Å². The average molecular weight is 176 g/mol. The van der Waals surface area contributed by atoms with E-state index in [2.05, 4.69) is 5.32 Å². The Labute approximate surface area is 74.2 Å². The van der Waals surface area contributed by atoms with Crippen molar-refractivity contribution in [1.29, 1.82) is 0 Å². The predicted molar refractivity (Wildman–Crippen MR) is 49.1 cm³/mol. The Balaban J connectivity index is 3.26. The minimum absolute atomic E-state index is 0.156. The second-order valence-corrected chi connectivity index (χ2v) is 3.06. The van der Waals surface area contributed by atoms with Crippen molar-refractivity contribution in [3.8, 4) is 0 Å². The zero-order valence-electron chi connectivity index (χ0n) is 7.95. The topological polar surface area (TPSA) is 55.7 Å². The maximum atomic E-state index is 9.08. The van der Waals surface area contributed by atoms with Crippen molar-refractivity contribution in [2.45, 2.75) is 12.5 Å². The maximum absolute atomic E-state index is 9.08. The number of nitrogens with zero attached hydrogens (tertiary/aromatic N) is 1. The van der Waals surface area contributed by atoms with Gasteiger partial charge in [0.05, 0.1) is 12.7 Å². The molecule has 0 fully saturated rings. The summed E-state index contributed by atoms with van der Waals surface area (Å²) in [5.41, 5.74) is 0. The van der Waals surface area contributed by atoms with Crippen molar-refractivity contribution in [2.24, 2.45) is 0 Å². The Morgan fingerprint density at radius 3 is 2.67 bits per heavy atom. The summed E-state index contributed by atoms with van der Waals surface area (Å²) < 4.78 is 0. The fourth-order valence-electron chi connectivity index (χ4n) is 1.03. The van der Waals surface area contributed by atoms with Crippen LogP contribution in [0.5, 0.6) is 0 Å². The van der Waals surface area contributed by atoms with Gasteiger partial charge in [0.1, 0.15) is 0 Å². The summed E-state index contributed by atoms with van der Waals surface area (Å²) in [6.45, 7) is 2.31. The number of aliphatic hydroxyl groups excluding tert-OH is 2. The molecule has 0 radical (unpaired) electrons. The molecular weight excluding hydrogens is 156 g/mol. The highest BCUT2D eigenvalue weighted by Crippen LogP contribution is 1.89. The van der Waals surface area contributed by atoms with E-state index in [0.29, 0.717) is 6.54 Å². The molecule has 0 bridgehead atoms. The van der Waals surface area contributed by atoms with E-state index in [-0.39, 0.29) is 6.61 Å². The van der Waals surface area contributed by atoms with Crippen molar-refractivity contribution in [3.63, 3.8) is 0 Å². The molecule has 1 atom stereocenters. The summed E-state index contributed by atoms with van der Waals surface area (Å²) in [6, 6.07) is 0. The zero-order chi connectivity index (χ0) is 9.40. The van der Waals surface area contributed by atoms with E-state index in [1.54, 1.807) is 0 Å². The number of likely N-dealkylation sites (N-methyl/N-ethyl adjacent to an activating group) is 1. The molecule has 1 unspecified atom stereocenters. The molecule has 0 spiro atoms. The van der Waals surface area contributed by atoms with Crippen LogP contribution in [0.3, 0.4) is 0 Å². The first-order valence-electron chi connectivity index (χ1n) is 4.32. The summed E-state index contributed by atoms with van der Waals surface area (Å²) in [5.74, 6) is 0. The lowest BCUT2D eigenvalue weighted by Crippen LogP contribution is -2.32. The summed E-state index contributed by atoms with van der Waals surface area (Å²) in [4.78, 5) is 2.01. The normalized spacial score (nSPS) is 13.8. The largest absolute Gasteiger partial charge is 0.394 e. The van der Waals surface area contributed by atoms with Crippen LogP contribution in [0.2, 0.25) is 0 Å². The Bertz CT molecular complexity index is 101. The van der Waals surface area contributed by atoms with Gasteiger partial charge in [-0.05, 0) is 33.6 Å². The lowest BCUT2D eigenvalue weighted by atomic mass is 10.3. The van der Waals surface area contributed by atoms with Gasteiger partial charge in [-0.3, -0.25) is 0 Å². The number of rotatable bonds is 7. The highest BCUT2D eigenvalue weighted by molar-refractivity contribution is 4.59. The molecule has 0 saturated heterocycles. The second-order valence-electron chi connectivity index (χ2n) is 3.06. The maximum Gasteiger partial charge on any atom is 0.0897 e. The number of hydrogen-bond donors (Lipinski definition) is 3. The summed E-state index contributed by atoms with van der Waals surface area (Å²) in [6.07, 6.45) is 0.454. The van der Waals surface area contributed by atoms with E-state index in [0.717, 1.165) is 19.5 Å². The van der Waals surface area contributed by atoms with Crippen LogP contribution in [0, 0.1) is 0 Å². The fourth-order valence-corrected chi connectivity index (χ4v) is 1.03. The molecule has 0 heterocycles. The molecule has 0 amide bonds. The molecule has 0 rings (SSSR count). The van der Waals surface area contributed by atoms with Crippen LogP contribution in [0.15, 0.2) is 0 Å². The summed E-state index contributed by atoms with van der Waals surface area (Å²) in [5, 5.41) is 20.7. The quantitative estimate of drug-likeness (QED) is 0.430. The second kappa shape index (κ2) is 7.49. The fraction of sp³-hybridized carbons (Fsp3) is 1.00. The molecule has 0 aliphatic rings. The lowest BCUT2D eigenvalue weighted by molar-refractivity contribution is 0.0664. The highest BCUT2D eigenvalue weighted by Gasteiger charge is 2.05. The first-order valence-corrected chi connectivity index (χ1v) is 4.32. The van der Waals surface area contributed by atoms with Crippen molar-refractivity contribution in [2.75, 3.05) is 40.3 Å². The first kappa shape index (κ1) is 11.8. The monoisotopic (exact) mass is 176 g/mol. The molecule has 0 aromatic carbocycles. The number of nitrogens with one attached hydrogen (secondary N) is 1. The van der Waals surface area contributed by atoms with Gasteiger partial charge in [0.25, 0.3) is 0 Å². The molecule has 0 saturated carbocycles. The molecule has 12 heavy (non-hydrogen) atoms. The Hall–Kier alpha value is -0.160. The molecule has 74 valence electrons. The smallest absolute Gasteiger partial charge is 0.0897 e. The van der Waals surface area contributed by atoms with Gasteiger partial charge >= 0.3 is 0 Å². The molecular formula is C8H20N2O2. The van der Waals surface area contributed by atoms with Crippen LogP contribution in [-0.2, 0) is 0 Å². The van der Waals surface area contributed by atoms with Crippen LogP contribution < -0.4 is 5.32 Å². The van der Waals surface area contributed by atoms with E-state index in [1.807, 2.05) is 19.0 Å². The van der Waals surface area contributed by atoms with Crippen LogP contribution in [-0.4, -0.2) is 61.6 Å². The first-order chi connectivity index (χ1) is 5.70. The lowest BCUT2D eigenvalue weighted by Gasteiger charge is -2.18. The van der Waals surface area contributed by atoms with Gasteiger partial charge < -0.3 is 20.4 Å². The van der Waals surface area contributed by atoms with Gasteiger partial charge in [-0.1, -0.05) is 0 Å². The van der Waals surface area contributed by atoms with E-state index >= 15 is 0 Å². The number of hydrogen-bond acceptors (Lipinski definition) is 4. The standard InChI is InChI=1S/C8H20N2O2/c1-9-4-3-5-10(2)6-8(12)7-11/h8-9,11-12H,3-7H2,1-2H3. The third-order valence-electron chi connectivity index (χ3n) is 1.70. The van der Waals surface area contributed by atoms with E-state index in [4.69, 9.17) is 10.2 Å². The molecule has 0 aliphatic heterocycles. The predicted octanol–water partition coefficient (Wildman–Crippen LogP) is -1.12. The van der Waals surface area contributed by atoms with Gasteiger partial charge in [0.2, 0.25) is 0 Å². The van der Waals surface area contributed by atoms with Gasteiger partial charge in [0, 0.05) is 6.54 Å². The van der Waals surface area contributed by atoms with Crippen molar-refractivity contribution >= 4 is 0 Å². The molecule has 4 heteroatoms. The third kappa shape index (κ3) is 6.54. The number of aliphatic hydroxyl groups is 2. The molecule has 4 nitrogen and oxygen atoms in total. The molecule has 0 aromatic rings. The molecule has 0 aliphatic carbocycles. The zero-order valence-corrected chi connectivity index (χ0v) is 7.95. The molecule has 0 aromatic heterocycles. The minimum Gasteiger partial charge on any atom is -0.394 e. The summed E-state index contributed by atoms with van der Waals surface area (Å²) >= 11 is 0. The average Bonchev–Trinajstić information content (AvgIpc) is 2.05. The van der Waals surface area contributed by atoms with Gasteiger partial charge in [-0.25, -0.2) is 0 Å². The van der Waals surface area contributed by atoms with Gasteiger partial charge in [-0.15, -0.1) is 0 Å². The highest BCUT2D eigenvalue weighted by atomic mass is 16.3. The van der Waals surface area contributed by atoms with Crippen LogP contribution >= 0.6 is 0 Å². The van der Waals surface area contributed by atoms with Crippen LogP contribution in [0.25, 0.3) is 0 Å². The van der Waals surface area contributed by atoms with Gasteiger partial charge in [-0.2, -0.15) is 0 Å². The Kier molecular flexibility index (Phi) is 7.39. The minimum atomic E-state index is -0.607. The Morgan fingerprint density at radius 2 is 2.17 bits per heavy atom. The van der Waals surface area contributed by atoms with Crippen LogP contribution in [0.4, 0.5) is 0 Å². The third-order valence-corrected chi connectivity index (χ3v) is 1.70. The van der Waals surface area contributed by atoms with Crippen molar-refractivity contribution in [3.05, 3.63) is 0 Å². The van der Waals surface area contributed by atoms with E-state index < -0.39 is 6.10 Å². The van der Waals surface area contributed by atoms with Crippen LogP contribution in [0.1, 0.15) is 6.42 Å². The molecule has 3 N–H and O–H groups in total. The van der Waals surface area contributed by atoms with Gasteiger partial charge in [0.15, 0.2) is 0 Å². The van der Waals surface area contributed by atoms with Crippen molar-refractivity contribution in [1.82, 2.24) is 10.2 Å². The Morgan fingerprint density at radius 1 is 1.50 bits per heavy atom. The van der Waals surface area contributed by atoms with E-state index in [1.165, 1.54) is 0 Å².